The molecule has 0 spiro atoms. The second-order valence-electron chi connectivity index (χ2n) is 4.51. The van der Waals surface area contributed by atoms with Gasteiger partial charge in [-0.25, -0.2) is 9.99 Å². The molecule has 4 heteroatoms. The minimum Gasteiger partial charge on any atom is -0.237 e. The molecular weight excluding hydrogens is 200 g/mol. The Hall–Kier alpha value is -1.45. The van der Waals surface area contributed by atoms with Crippen molar-refractivity contribution in [2.75, 3.05) is 5.01 Å². The normalized spacial score (nSPS) is 28.9. The molecule has 1 saturated carbocycles. The molecule has 4 nitrogen and oxygen atoms in total. The summed E-state index contributed by atoms with van der Waals surface area (Å²) >= 11 is 0. The summed E-state index contributed by atoms with van der Waals surface area (Å²) in [5.41, 5.74) is 0. The van der Waals surface area contributed by atoms with Crippen LogP contribution in [0, 0.1) is 0 Å². The second-order valence-corrected chi connectivity index (χ2v) is 4.51. The SMILES string of the molecule is c1ccc(N2N=N[C@@H]3CCCCC[C@@H]32)nc1. The summed E-state index contributed by atoms with van der Waals surface area (Å²) in [7, 11) is 0. The fourth-order valence-electron chi connectivity index (χ4n) is 2.58. The van der Waals surface area contributed by atoms with Crippen LogP contribution in [0.1, 0.15) is 32.1 Å². The van der Waals surface area contributed by atoms with Gasteiger partial charge in [-0.3, -0.25) is 0 Å². The second kappa shape index (κ2) is 4.20. The summed E-state index contributed by atoms with van der Waals surface area (Å²) in [6.45, 7) is 0. The Morgan fingerprint density at radius 1 is 1.12 bits per heavy atom. The molecule has 2 aliphatic rings. The number of anilines is 1. The fourth-order valence-corrected chi connectivity index (χ4v) is 2.58. The highest BCUT2D eigenvalue weighted by Gasteiger charge is 2.34. The predicted octanol–water partition coefficient (Wildman–Crippen LogP) is 2.97. The van der Waals surface area contributed by atoms with Gasteiger partial charge >= 0.3 is 0 Å². The molecule has 1 aromatic heterocycles. The first kappa shape index (κ1) is 9.75. The first-order chi connectivity index (χ1) is 7.95. The lowest BCUT2D eigenvalue weighted by Crippen LogP contribution is -2.34. The summed E-state index contributed by atoms with van der Waals surface area (Å²) < 4.78 is 0. The lowest BCUT2D eigenvalue weighted by molar-refractivity contribution is 0.523. The average molecular weight is 216 g/mol. The maximum Gasteiger partial charge on any atom is 0.150 e. The Bertz CT molecular complexity index is 376. The van der Waals surface area contributed by atoms with Crippen LogP contribution in [0.3, 0.4) is 0 Å². The van der Waals surface area contributed by atoms with E-state index < -0.39 is 0 Å². The standard InChI is InChI=1S/C12H16N4/c1-2-6-10-11(7-3-1)16(15-14-10)12-8-4-5-9-13-12/h4-5,8-11H,1-3,6-7H2/t10-,11+/m1/s1. The summed E-state index contributed by atoms with van der Waals surface area (Å²) in [4.78, 5) is 4.35. The van der Waals surface area contributed by atoms with E-state index >= 15 is 0 Å². The van der Waals surface area contributed by atoms with Crippen molar-refractivity contribution in [3.8, 4) is 0 Å². The highest BCUT2D eigenvalue weighted by atomic mass is 15.6. The Morgan fingerprint density at radius 3 is 2.94 bits per heavy atom. The number of pyridine rings is 1. The van der Waals surface area contributed by atoms with E-state index in [0.29, 0.717) is 12.1 Å². The van der Waals surface area contributed by atoms with Crippen LogP contribution in [0.5, 0.6) is 0 Å². The van der Waals surface area contributed by atoms with Crippen molar-refractivity contribution in [2.45, 2.75) is 44.2 Å². The fraction of sp³-hybridized carbons (Fsp3) is 0.583. The third-order valence-electron chi connectivity index (χ3n) is 3.44. The molecule has 1 aliphatic heterocycles. The first-order valence-electron chi connectivity index (χ1n) is 6.06. The zero-order valence-corrected chi connectivity index (χ0v) is 9.29. The highest BCUT2D eigenvalue weighted by Crippen LogP contribution is 2.32. The minimum atomic E-state index is 0.393. The Balaban J connectivity index is 1.84. The zero-order valence-electron chi connectivity index (χ0n) is 9.29. The third kappa shape index (κ3) is 1.68. The Labute approximate surface area is 95.4 Å². The molecule has 0 unspecified atom stereocenters. The molecule has 3 rings (SSSR count). The van der Waals surface area contributed by atoms with E-state index in [9.17, 15) is 0 Å². The molecule has 1 aromatic rings. The van der Waals surface area contributed by atoms with Gasteiger partial charge in [0.2, 0.25) is 0 Å². The van der Waals surface area contributed by atoms with Gasteiger partial charge in [0, 0.05) is 6.20 Å². The molecule has 0 N–H and O–H groups in total. The van der Waals surface area contributed by atoms with Crippen molar-refractivity contribution in [3.63, 3.8) is 0 Å². The van der Waals surface area contributed by atoms with Gasteiger partial charge in [0.15, 0.2) is 5.82 Å². The van der Waals surface area contributed by atoms with E-state index in [4.69, 9.17) is 0 Å². The molecule has 0 bridgehead atoms. The lowest BCUT2D eigenvalue weighted by Gasteiger charge is -2.22. The van der Waals surface area contributed by atoms with Crippen LogP contribution in [0.2, 0.25) is 0 Å². The topological polar surface area (TPSA) is 40.9 Å². The molecule has 2 heterocycles. The van der Waals surface area contributed by atoms with Crippen LogP contribution >= 0.6 is 0 Å². The minimum absolute atomic E-state index is 0.393. The molecule has 1 aliphatic carbocycles. The first-order valence-corrected chi connectivity index (χ1v) is 6.06. The van der Waals surface area contributed by atoms with Gasteiger partial charge in [0.1, 0.15) is 0 Å². The van der Waals surface area contributed by atoms with Crippen LogP contribution in [-0.4, -0.2) is 17.1 Å². The molecule has 0 saturated heterocycles. The summed E-state index contributed by atoms with van der Waals surface area (Å²) in [6, 6.07) is 6.78. The average Bonchev–Trinajstić information content (AvgIpc) is 2.60. The number of rotatable bonds is 1. The van der Waals surface area contributed by atoms with E-state index in [2.05, 4.69) is 15.3 Å². The summed E-state index contributed by atoms with van der Waals surface area (Å²) in [5.74, 6) is 0.931. The smallest absolute Gasteiger partial charge is 0.150 e. The van der Waals surface area contributed by atoms with Gasteiger partial charge in [-0.05, 0) is 25.0 Å². The van der Waals surface area contributed by atoms with E-state index in [0.717, 1.165) is 5.82 Å². The maximum atomic E-state index is 4.39. The largest absolute Gasteiger partial charge is 0.237 e. The zero-order chi connectivity index (χ0) is 10.8. The van der Waals surface area contributed by atoms with Gasteiger partial charge < -0.3 is 0 Å². The van der Waals surface area contributed by atoms with E-state index in [1.165, 1.54) is 32.1 Å². The Morgan fingerprint density at radius 2 is 2.06 bits per heavy atom. The van der Waals surface area contributed by atoms with Crippen molar-refractivity contribution in [1.29, 1.82) is 0 Å². The molecule has 84 valence electrons. The lowest BCUT2D eigenvalue weighted by atomic mass is 10.0. The van der Waals surface area contributed by atoms with Crippen molar-refractivity contribution < 1.29 is 0 Å². The quantitative estimate of drug-likeness (QED) is 0.724. The number of hydrogen-bond acceptors (Lipinski definition) is 4. The van der Waals surface area contributed by atoms with Crippen LogP contribution in [0.4, 0.5) is 5.82 Å². The molecule has 0 radical (unpaired) electrons. The molecule has 0 amide bonds. The highest BCUT2D eigenvalue weighted by molar-refractivity contribution is 5.39. The van der Waals surface area contributed by atoms with Gasteiger partial charge in [-0.15, -0.1) is 0 Å². The number of fused-ring (bicyclic) bond motifs is 1. The van der Waals surface area contributed by atoms with Gasteiger partial charge in [0.25, 0.3) is 0 Å². The summed E-state index contributed by atoms with van der Waals surface area (Å²) in [5, 5.41) is 10.7. The van der Waals surface area contributed by atoms with Gasteiger partial charge in [-0.2, -0.15) is 5.11 Å². The van der Waals surface area contributed by atoms with E-state index in [1.54, 1.807) is 0 Å². The molecular formula is C12H16N4. The predicted molar refractivity (Wildman–Crippen MR) is 62.2 cm³/mol. The van der Waals surface area contributed by atoms with Crippen molar-refractivity contribution in [1.82, 2.24) is 4.98 Å². The van der Waals surface area contributed by atoms with Crippen molar-refractivity contribution in [3.05, 3.63) is 24.4 Å². The molecule has 0 aromatic carbocycles. The van der Waals surface area contributed by atoms with E-state index in [1.807, 2.05) is 29.4 Å². The van der Waals surface area contributed by atoms with Crippen LogP contribution in [0.15, 0.2) is 34.7 Å². The van der Waals surface area contributed by atoms with Crippen LogP contribution in [0.25, 0.3) is 0 Å². The maximum absolute atomic E-state index is 4.39. The van der Waals surface area contributed by atoms with Crippen LogP contribution in [-0.2, 0) is 0 Å². The van der Waals surface area contributed by atoms with Crippen molar-refractivity contribution >= 4 is 5.82 Å². The van der Waals surface area contributed by atoms with Gasteiger partial charge in [-0.1, -0.05) is 30.6 Å². The molecule has 1 fully saturated rings. The van der Waals surface area contributed by atoms with Crippen molar-refractivity contribution in [2.24, 2.45) is 10.3 Å². The number of hydrogen-bond donors (Lipinski definition) is 0. The third-order valence-corrected chi connectivity index (χ3v) is 3.44. The number of nitrogens with zero attached hydrogens (tertiary/aromatic N) is 4. The van der Waals surface area contributed by atoms with E-state index in [-0.39, 0.29) is 0 Å². The number of aromatic nitrogens is 1. The molecule has 16 heavy (non-hydrogen) atoms. The van der Waals surface area contributed by atoms with Gasteiger partial charge in [0.05, 0.1) is 12.1 Å². The summed E-state index contributed by atoms with van der Waals surface area (Å²) in [6.07, 6.45) is 8.09. The van der Waals surface area contributed by atoms with Crippen LogP contribution < -0.4 is 5.01 Å². The Kier molecular flexibility index (Phi) is 2.56. The molecule has 2 atom stereocenters. The monoisotopic (exact) mass is 216 g/mol.